The summed E-state index contributed by atoms with van der Waals surface area (Å²) in [5.74, 6) is 0.818. The zero-order chi connectivity index (χ0) is 10.3. The van der Waals surface area contributed by atoms with Crippen LogP contribution in [0.3, 0.4) is 0 Å². The first-order valence-electron chi connectivity index (χ1n) is 5.91. The summed E-state index contributed by atoms with van der Waals surface area (Å²) in [5.41, 5.74) is 6.78. The fraction of sp³-hybridized carbons (Fsp3) is 1.00. The van der Waals surface area contributed by atoms with Crippen LogP contribution in [0.4, 0.5) is 0 Å². The van der Waals surface area contributed by atoms with Crippen molar-refractivity contribution >= 4 is 11.8 Å². The van der Waals surface area contributed by atoms with E-state index in [-0.39, 0.29) is 0 Å². The molecule has 0 aromatic carbocycles. The van der Waals surface area contributed by atoms with Crippen molar-refractivity contribution in [3.8, 4) is 0 Å². The molecule has 0 amide bonds. The van der Waals surface area contributed by atoms with Gasteiger partial charge >= 0.3 is 0 Å². The van der Waals surface area contributed by atoms with Gasteiger partial charge in [0.1, 0.15) is 0 Å². The molecule has 1 heterocycles. The third kappa shape index (κ3) is 1.83. The van der Waals surface area contributed by atoms with Crippen molar-refractivity contribution in [3.63, 3.8) is 0 Å². The van der Waals surface area contributed by atoms with E-state index in [2.05, 4.69) is 32.5 Å². The first-order chi connectivity index (χ1) is 6.50. The van der Waals surface area contributed by atoms with Gasteiger partial charge in [0, 0.05) is 16.5 Å². The van der Waals surface area contributed by atoms with Gasteiger partial charge in [-0.3, -0.25) is 0 Å². The second-order valence-electron chi connectivity index (χ2n) is 5.99. The smallest absolute Gasteiger partial charge is 0.0253 e. The first kappa shape index (κ1) is 10.8. The van der Waals surface area contributed by atoms with Crippen LogP contribution in [-0.2, 0) is 0 Å². The minimum atomic E-state index is 0.376. The maximum atomic E-state index is 6.40. The molecule has 1 saturated carbocycles. The van der Waals surface area contributed by atoms with Crippen molar-refractivity contribution < 1.29 is 0 Å². The summed E-state index contributed by atoms with van der Waals surface area (Å²) in [6.07, 6.45) is 5.63. The molecule has 14 heavy (non-hydrogen) atoms. The monoisotopic (exact) mass is 213 g/mol. The fourth-order valence-corrected chi connectivity index (χ4v) is 5.01. The molecule has 1 nitrogen and oxygen atoms in total. The van der Waals surface area contributed by atoms with Crippen molar-refractivity contribution in [1.29, 1.82) is 0 Å². The van der Waals surface area contributed by atoms with Crippen molar-refractivity contribution in [2.45, 2.75) is 63.0 Å². The van der Waals surface area contributed by atoms with Gasteiger partial charge in [-0.2, -0.15) is 11.8 Å². The molecule has 0 radical (unpaired) electrons. The van der Waals surface area contributed by atoms with Crippen LogP contribution in [0, 0.1) is 11.3 Å². The zero-order valence-corrected chi connectivity index (χ0v) is 10.4. The molecule has 0 bridgehead atoms. The molecule has 4 unspecified atom stereocenters. The highest BCUT2D eigenvalue weighted by molar-refractivity contribution is 8.00. The van der Waals surface area contributed by atoms with E-state index in [1.807, 2.05) is 0 Å². The van der Waals surface area contributed by atoms with E-state index in [0.29, 0.717) is 16.7 Å². The lowest BCUT2D eigenvalue weighted by Crippen LogP contribution is -2.42. The second-order valence-corrected chi connectivity index (χ2v) is 7.37. The Labute approximate surface area is 92.2 Å². The highest BCUT2D eigenvalue weighted by atomic mass is 32.2. The Morgan fingerprint density at radius 3 is 2.36 bits per heavy atom. The number of hydrogen-bond donors (Lipinski definition) is 1. The summed E-state index contributed by atoms with van der Waals surface area (Å²) in [7, 11) is 0. The van der Waals surface area contributed by atoms with E-state index in [1.54, 1.807) is 0 Å². The lowest BCUT2D eigenvalue weighted by atomic mass is 9.77. The number of thioether (sulfide) groups is 1. The summed E-state index contributed by atoms with van der Waals surface area (Å²) in [6, 6.07) is 0.449. The predicted octanol–water partition coefficient (Wildman–Crippen LogP) is 3.03. The highest BCUT2D eigenvalue weighted by Gasteiger charge is 2.46. The van der Waals surface area contributed by atoms with Crippen LogP contribution >= 0.6 is 11.8 Å². The second kappa shape index (κ2) is 3.71. The zero-order valence-electron chi connectivity index (χ0n) is 9.62. The van der Waals surface area contributed by atoms with Crippen LogP contribution in [0.15, 0.2) is 0 Å². The van der Waals surface area contributed by atoms with E-state index in [4.69, 9.17) is 5.73 Å². The van der Waals surface area contributed by atoms with Crippen LogP contribution in [0.5, 0.6) is 0 Å². The predicted molar refractivity (Wildman–Crippen MR) is 64.6 cm³/mol. The molecule has 1 aliphatic heterocycles. The van der Waals surface area contributed by atoms with Gasteiger partial charge < -0.3 is 5.73 Å². The maximum absolute atomic E-state index is 6.40. The van der Waals surface area contributed by atoms with Crippen molar-refractivity contribution in [3.05, 3.63) is 0 Å². The molecule has 1 aliphatic carbocycles. The molecule has 2 heteroatoms. The Morgan fingerprint density at radius 1 is 1.14 bits per heavy atom. The van der Waals surface area contributed by atoms with E-state index < -0.39 is 0 Å². The van der Waals surface area contributed by atoms with Gasteiger partial charge in [0.15, 0.2) is 0 Å². The topological polar surface area (TPSA) is 26.0 Å². The molecule has 2 fully saturated rings. The molecule has 4 atom stereocenters. The first-order valence-corrected chi connectivity index (χ1v) is 6.85. The number of fused-ring (bicyclic) bond motifs is 1. The van der Waals surface area contributed by atoms with Gasteiger partial charge in [0.25, 0.3) is 0 Å². The summed E-state index contributed by atoms with van der Waals surface area (Å²) in [5, 5.41) is 1.55. The van der Waals surface area contributed by atoms with Crippen LogP contribution in [0.2, 0.25) is 0 Å². The van der Waals surface area contributed by atoms with Gasteiger partial charge in [-0.1, -0.05) is 33.6 Å². The van der Waals surface area contributed by atoms with Gasteiger partial charge in [0.05, 0.1) is 0 Å². The third-order valence-corrected chi connectivity index (χ3v) is 6.02. The Bertz CT molecular complexity index is 209. The lowest BCUT2D eigenvalue weighted by Gasteiger charge is -2.31. The Hall–Kier alpha value is 0.310. The summed E-state index contributed by atoms with van der Waals surface area (Å²) < 4.78 is 0. The van der Waals surface area contributed by atoms with Crippen molar-refractivity contribution in [2.75, 3.05) is 0 Å². The number of hydrogen-bond acceptors (Lipinski definition) is 2. The molecule has 2 rings (SSSR count). The quantitative estimate of drug-likeness (QED) is 0.669. The van der Waals surface area contributed by atoms with Crippen molar-refractivity contribution in [2.24, 2.45) is 17.1 Å². The molecular weight excluding hydrogens is 190 g/mol. The minimum Gasteiger partial charge on any atom is -0.326 e. The lowest BCUT2D eigenvalue weighted by molar-refractivity contribution is 0.279. The summed E-state index contributed by atoms with van der Waals surface area (Å²) in [4.78, 5) is 0. The average molecular weight is 213 g/mol. The van der Waals surface area contributed by atoms with Crippen LogP contribution in [0.1, 0.15) is 46.5 Å². The van der Waals surface area contributed by atoms with E-state index in [0.717, 1.165) is 11.2 Å². The number of nitrogens with two attached hydrogens (primary N) is 1. The molecule has 2 N–H and O–H groups in total. The summed E-state index contributed by atoms with van der Waals surface area (Å²) in [6.45, 7) is 7.01. The Balaban J connectivity index is 2.10. The molecule has 2 aliphatic rings. The number of rotatable bonds is 0. The van der Waals surface area contributed by atoms with Crippen LogP contribution in [-0.4, -0.2) is 16.5 Å². The molecule has 1 saturated heterocycles. The summed E-state index contributed by atoms with van der Waals surface area (Å²) >= 11 is 2.18. The third-order valence-electron chi connectivity index (χ3n) is 3.77. The molecule has 0 aromatic heterocycles. The highest BCUT2D eigenvalue weighted by Crippen LogP contribution is 2.50. The maximum Gasteiger partial charge on any atom is 0.0253 e. The van der Waals surface area contributed by atoms with E-state index in [1.165, 1.54) is 25.7 Å². The largest absolute Gasteiger partial charge is 0.326 e. The molecule has 0 aromatic rings. The van der Waals surface area contributed by atoms with Crippen molar-refractivity contribution in [1.82, 2.24) is 0 Å². The van der Waals surface area contributed by atoms with E-state index in [9.17, 15) is 0 Å². The Morgan fingerprint density at radius 2 is 1.79 bits per heavy atom. The minimum absolute atomic E-state index is 0.376. The van der Waals surface area contributed by atoms with Crippen LogP contribution < -0.4 is 5.73 Å². The van der Waals surface area contributed by atoms with Crippen LogP contribution in [0.25, 0.3) is 0 Å². The fourth-order valence-electron chi connectivity index (χ4n) is 3.02. The Kier molecular flexibility index (Phi) is 2.87. The SMILES string of the molecule is CC(C)(C)C1SC2CCCCC2C1N. The molecule has 0 spiro atoms. The standard InChI is InChI=1S/C12H23NS/c1-12(2,3)11-10(13)8-6-4-5-7-9(8)14-11/h8-11H,4-7,13H2,1-3H3. The molecular formula is C12H23NS. The van der Waals surface area contributed by atoms with Gasteiger partial charge in [-0.15, -0.1) is 0 Å². The van der Waals surface area contributed by atoms with E-state index >= 15 is 0 Å². The normalized spacial score (nSPS) is 43.7. The van der Waals surface area contributed by atoms with Gasteiger partial charge in [0.2, 0.25) is 0 Å². The average Bonchev–Trinajstić information content (AvgIpc) is 2.44. The van der Waals surface area contributed by atoms with Gasteiger partial charge in [-0.25, -0.2) is 0 Å². The van der Waals surface area contributed by atoms with Gasteiger partial charge in [-0.05, 0) is 24.2 Å². The molecule has 82 valence electrons.